The summed E-state index contributed by atoms with van der Waals surface area (Å²) in [4.78, 5) is 24.9. The molecule has 1 fully saturated rings. The van der Waals surface area contributed by atoms with Crippen molar-refractivity contribution in [2.75, 3.05) is 25.0 Å². The zero-order chi connectivity index (χ0) is 30.4. The maximum Gasteiger partial charge on any atom is 0.257 e. The number of fused-ring (bicyclic) bond motifs is 2. The first-order valence-corrected chi connectivity index (χ1v) is 16.2. The zero-order valence-electron chi connectivity index (χ0n) is 24.3. The van der Waals surface area contributed by atoms with E-state index in [1.54, 1.807) is 33.3 Å². The smallest absolute Gasteiger partial charge is 0.257 e. The minimum atomic E-state index is -1.02. The van der Waals surface area contributed by atoms with Crippen molar-refractivity contribution in [2.24, 2.45) is 0 Å². The van der Waals surface area contributed by atoms with Crippen LogP contribution >= 0.6 is 22.9 Å². The number of aromatic nitrogens is 5. The van der Waals surface area contributed by atoms with E-state index in [-0.39, 0.29) is 25.0 Å². The summed E-state index contributed by atoms with van der Waals surface area (Å²) in [5, 5.41) is 21.0. The minimum Gasteiger partial charge on any atom is -0.393 e. The molecule has 2 N–H and O–H groups in total. The molecular formula is C32H33ClFN7O2S. The van der Waals surface area contributed by atoms with Gasteiger partial charge in [-0.3, -0.25) is 14.8 Å². The van der Waals surface area contributed by atoms with Crippen LogP contribution in [0.25, 0.3) is 22.0 Å². The Morgan fingerprint density at radius 3 is 2.77 bits per heavy atom. The second-order valence-corrected chi connectivity index (χ2v) is 13.0. The Balaban J connectivity index is 1.19. The largest absolute Gasteiger partial charge is 0.393 e. The normalized spacial score (nSPS) is 18.1. The Bertz CT molecular complexity index is 1800. The van der Waals surface area contributed by atoms with Crippen LogP contribution in [0.3, 0.4) is 0 Å². The van der Waals surface area contributed by atoms with Gasteiger partial charge >= 0.3 is 0 Å². The molecule has 2 atom stereocenters. The van der Waals surface area contributed by atoms with Gasteiger partial charge in [-0.15, -0.1) is 11.3 Å². The van der Waals surface area contributed by atoms with E-state index in [9.17, 15) is 14.3 Å². The monoisotopic (exact) mass is 633 g/mol. The predicted molar refractivity (Wildman–Crippen MR) is 170 cm³/mol. The van der Waals surface area contributed by atoms with Crippen LogP contribution in [0.5, 0.6) is 0 Å². The number of alkyl halides is 1. The van der Waals surface area contributed by atoms with Gasteiger partial charge in [0.2, 0.25) is 0 Å². The number of piperidine rings is 1. The van der Waals surface area contributed by atoms with Gasteiger partial charge in [0.25, 0.3) is 5.91 Å². The molecule has 0 bridgehead atoms. The summed E-state index contributed by atoms with van der Waals surface area (Å²) in [7, 11) is 0. The second kappa shape index (κ2) is 12.0. The highest BCUT2D eigenvalue weighted by atomic mass is 35.5. The lowest BCUT2D eigenvalue weighted by Crippen LogP contribution is -2.37. The molecule has 1 saturated heterocycles. The van der Waals surface area contributed by atoms with Crippen LogP contribution in [0.4, 0.5) is 9.52 Å². The van der Waals surface area contributed by atoms with Crippen LogP contribution in [0, 0.1) is 6.92 Å². The van der Waals surface area contributed by atoms with E-state index >= 15 is 0 Å². The SMILES string of the molecule is Cc1c(-c2ccc(CCN3CCC(O)CC3)cc2)cc(Cl)c2cn(C(C(=O)Nc3nccs3)c3ncn4c3C[C@@H](F)C4)nc12. The van der Waals surface area contributed by atoms with E-state index in [0.717, 1.165) is 61.0 Å². The van der Waals surface area contributed by atoms with E-state index in [0.29, 0.717) is 27.1 Å². The lowest BCUT2D eigenvalue weighted by molar-refractivity contribution is -0.118. The number of aryl methyl sites for hydroxylation is 1. The fourth-order valence-corrected chi connectivity index (χ4v) is 7.12. The van der Waals surface area contributed by atoms with Gasteiger partial charge in [-0.1, -0.05) is 35.9 Å². The van der Waals surface area contributed by atoms with Crippen molar-refractivity contribution >= 4 is 44.9 Å². The first-order valence-electron chi connectivity index (χ1n) is 14.9. The molecule has 1 unspecified atom stereocenters. The van der Waals surface area contributed by atoms with E-state index in [1.165, 1.54) is 16.9 Å². The van der Waals surface area contributed by atoms with Crippen LogP contribution in [0.15, 0.2) is 54.4 Å². The van der Waals surface area contributed by atoms with E-state index < -0.39 is 12.2 Å². The summed E-state index contributed by atoms with van der Waals surface area (Å²) in [5.41, 5.74) is 6.05. The Morgan fingerprint density at radius 1 is 1.23 bits per heavy atom. The van der Waals surface area contributed by atoms with Crippen LogP contribution in [0.2, 0.25) is 5.02 Å². The summed E-state index contributed by atoms with van der Waals surface area (Å²) < 4.78 is 17.7. The van der Waals surface area contributed by atoms with Gasteiger partial charge in [0.1, 0.15) is 6.17 Å². The molecule has 7 rings (SSSR count). The van der Waals surface area contributed by atoms with Gasteiger partial charge in [0, 0.05) is 54.9 Å². The number of anilines is 1. The lowest BCUT2D eigenvalue weighted by Gasteiger charge is -2.29. The summed E-state index contributed by atoms with van der Waals surface area (Å²) in [6.45, 7) is 5.09. The number of amides is 1. The Morgan fingerprint density at radius 2 is 2.02 bits per heavy atom. The minimum absolute atomic E-state index is 0.161. The molecular weight excluding hydrogens is 601 g/mol. The Labute approximate surface area is 263 Å². The van der Waals surface area contributed by atoms with Gasteiger partial charge in [-0.2, -0.15) is 5.10 Å². The fourth-order valence-electron chi connectivity index (χ4n) is 6.34. The van der Waals surface area contributed by atoms with E-state index in [4.69, 9.17) is 16.7 Å². The molecule has 2 aromatic carbocycles. The molecule has 9 nitrogen and oxygen atoms in total. The molecule has 0 spiro atoms. The Hall–Kier alpha value is -3.64. The van der Waals surface area contributed by atoms with Crippen molar-refractivity contribution in [3.63, 3.8) is 0 Å². The number of carbonyl (C=O) groups excluding carboxylic acids is 1. The molecule has 5 aromatic rings. The van der Waals surface area contributed by atoms with Crippen molar-refractivity contribution in [2.45, 2.75) is 57.5 Å². The summed E-state index contributed by atoms with van der Waals surface area (Å²) in [6, 6.07) is 9.55. The molecule has 3 aromatic heterocycles. The topological polar surface area (TPSA) is 101 Å². The standard InChI is InChI=1S/C32H33ClFN7O2S/c1-19-24(21-4-2-20(3-5-21)6-10-39-11-7-23(42)8-12-39)15-26(33)25-17-41(38-28(19)25)30(31(43)37-32-35-9-13-44-32)29-27-14-22(34)16-40(27)18-36-29/h2-5,9,13,15,17-18,22-23,30,42H,6-8,10-12,14,16H2,1H3,(H,35,37,43)/t22-,30?/m1/s1. The number of carbonyl (C=O) groups is 1. The van der Waals surface area contributed by atoms with Crippen molar-refractivity contribution in [3.8, 4) is 11.1 Å². The average molecular weight is 634 g/mol. The number of aliphatic hydroxyl groups excluding tert-OH is 1. The average Bonchev–Trinajstić information content (AvgIpc) is 3.82. The first-order chi connectivity index (χ1) is 21.3. The predicted octanol–water partition coefficient (Wildman–Crippen LogP) is 5.44. The third-order valence-corrected chi connectivity index (χ3v) is 9.78. The first kappa shape index (κ1) is 29.1. The molecule has 1 amide bonds. The maximum atomic E-state index is 14.3. The number of likely N-dealkylation sites (tertiary alicyclic amines) is 1. The summed E-state index contributed by atoms with van der Waals surface area (Å²) >= 11 is 8.17. The number of thiazole rings is 1. The van der Waals surface area contributed by atoms with Crippen molar-refractivity contribution in [1.82, 2.24) is 29.2 Å². The highest BCUT2D eigenvalue weighted by Gasteiger charge is 2.34. The maximum absolute atomic E-state index is 14.3. The Kier molecular flexibility index (Phi) is 7.96. The fraction of sp³-hybridized carbons (Fsp3) is 0.375. The number of nitrogens with one attached hydrogen (secondary N) is 1. The molecule has 5 heterocycles. The number of halogens is 2. The van der Waals surface area contributed by atoms with Crippen LogP contribution < -0.4 is 5.32 Å². The molecule has 12 heteroatoms. The quantitative estimate of drug-likeness (QED) is 0.236. The van der Waals surface area contributed by atoms with Crippen LogP contribution in [-0.2, 0) is 24.2 Å². The van der Waals surface area contributed by atoms with Crippen LogP contribution in [0.1, 0.15) is 41.4 Å². The number of hydrogen-bond acceptors (Lipinski definition) is 7. The number of aliphatic hydroxyl groups is 1. The summed E-state index contributed by atoms with van der Waals surface area (Å²) in [6.07, 6.45) is 6.64. The third-order valence-electron chi connectivity index (χ3n) is 8.78. The van der Waals surface area contributed by atoms with E-state index in [1.807, 2.05) is 13.0 Å². The van der Waals surface area contributed by atoms with Crippen molar-refractivity contribution < 1.29 is 14.3 Å². The van der Waals surface area contributed by atoms with Gasteiger partial charge in [-0.25, -0.2) is 14.4 Å². The van der Waals surface area contributed by atoms with Gasteiger partial charge < -0.3 is 14.6 Å². The molecule has 0 saturated carbocycles. The zero-order valence-corrected chi connectivity index (χ0v) is 25.9. The number of nitrogens with zero attached hydrogens (tertiary/aromatic N) is 6. The van der Waals surface area contributed by atoms with Gasteiger partial charge in [-0.05, 0) is 54.5 Å². The van der Waals surface area contributed by atoms with Crippen molar-refractivity contribution in [1.29, 1.82) is 0 Å². The second-order valence-electron chi connectivity index (χ2n) is 11.7. The molecule has 0 radical (unpaired) electrons. The molecule has 2 aliphatic rings. The summed E-state index contributed by atoms with van der Waals surface area (Å²) in [5.74, 6) is -0.359. The lowest BCUT2D eigenvalue weighted by atomic mass is 9.97. The third kappa shape index (κ3) is 5.65. The molecule has 2 aliphatic heterocycles. The van der Waals surface area contributed by atoms with Gasteiger partial charge in [0.15, 0.2) is 11.2 Å². The number of rotatable bonds is 8. The van der Waals surface area contributed by atoms with Gasteiger partial charge in [0.05, 0.1) is 35.2 Å². The molecule has 44 heavy (non-hydrogen) atoms. The number of benzene rings is 2. The molecule has 228 valence electrons. The molecule has 0 aliphatic carbocycles. The van der Waals surface area contributed by atoms with Crippen LogP contribution in [-0.4, -0.2) is 72.1 Å². The number of hydrogen-bond donors (Lipinski definition) is 2. The van der Waals surface area contributed by atoms with Crippen molar-refractivity contribution in [3.05, 3.63) is 82.0 Å². The highest BCUT2D eigenvalue weighted by Crippen LogP contribution is 2.36. The number of imidazole rings is 1. The van der Waals surface area contributed by atoms with E-state index in [2.05, 4.69) is 44.5 Å². The highest BCUT2D eigenvalue weighted by molar-refractivity contribution is 7.13.